The van der Waals surface area contributed by atoms with E-state index in [-0.39, 0.29) is 18.4 Å². The van der Waals surface area contributed by atoms with Gasteiger partial charge in [-0.15, -0.1) is 0 Å². The molecular weight excluding hydrogens is 457 g/mol. The second-order valence-electron chi connectivity index (χ2n) is 10.2. The van der Waals surface area contributed by atoms with Crippen LogP contribution in [-0.2, 0) is 16.0 Å². The minimum atomic E-state index is -0.773. The average molecular weight is 496 g/mol. The Morgan fingerprint density at radius 1 is 1.17 bits per heavy atom. The van der Waals surface area contributed by atoms with E-state index >= 15 is 0 Å². The van der Waals surface area contributed by atoms with Crippen LogP contribution in [0.2, 0.25) is 0 Å². The van der Waals surface area contributed by atoms with Crippen molar-refractivity contribution < 1.29 is 33.3 Å². The molecule has 1 aromatic rings. The van der Waals surface area contributed by atoms with E-state index in [9.17, 15) is 19.1 Å². The summed E-state index contributed by atoms with van der Waals surface area (Å²) in [5.74, 6) is 0.217. The summed E-state index contributed by atoms with van der Waals surface area (Å²) in [6.45, 7) is 5.48. The van der Waals surface area contributed by atoms with Crippen molar-refractivity contribution in [1.82, 2.24) is 15.5 Å². The molecule has 196 valence electrons. The number of aliphatic hydroxyl groups is 1. The van der Waals surface area contributed by atoms with Gasteiger partial charge in [-0.3, -0.25) is 14.1 Å². The first-order chi connectivity index (χ1) is 16.6. The molecule has 9 nitrogen and oxygen atoms in total. The molecule has 0 spiro atoms. The van der Waals surface area contributed by atoms with Gasteiger partial charge in [0.25, 0.3) is 0 Å². The maximum Gasteiger partial charge on any atom is 0.407 e. The third-order valence-corrected chi connectivity index (χ3v) is 6.51. The highest BCUT2D eigenvalue weighted by atomic mass is 19.1. The van der Waals surface area contributed by atoms with Crippen LogP contribution in [0.4, 0.5) is 9.18 Å². The number of amides is 2. The number of aliphatic hydroxyl groups excluding tert-OH is 1. The highest BCUT2D eigenvalue weighted by Gasteiger charge is 2.41. The fourth-order valence-corrected chi connectivity index (χ4v) is 4.82. The molecule has 0 saturated carbocycles. The zero-order chi connectivity index (χ0) is 25.8. The lowest BCUT2D eigenvalue weighted by molar-refractivity contribution is -0.124. The lowest BCUT2D eigenvalue weighted by atomic mass is 9.82. The first kappa shape index (κ1) is 27.0. The van der Waals surface area contributed by atoms with Crippen molar-refractivity contribution in [3.63, 3.8) is 0 Å². The second-order valence-corrected chi connectivity index (χ2v) is 10.2. The van der Waals surface area contributed by atoms with Crippen molar-refractivity contribution in [3.05, 3.63) is 23.3 Å². The summed E-state index contributed by atoms with van der Waals surface area (Å²) in [5, 5.41) is 15.2. The first-order valence-corrected chi connectivity index (χ1v) is 12.0. The third kappa shape index (κ3) is 6.76. The van der Waals surface area contributed by atoms with Gasteiger partial charge >= 0.3 is 6.09 Å². The van der Waals surface area contributed by atoms with Crippen molar-refractivity contribution in [3.8, 4) is 11.5 Å². The van der Waals surface area contributed by atoms with Gasteiger partial charge in [0.05, 0.1) is 33.0 Å². The molecular formula is C25H38FN3O6. The molecule has 0 bridgehead atoms. The van der Waals surface area contributed by atoms with E-state index in [4.69, 9.17) is 14.2 Å². The Labute approximate surface area is 206 Å². The molecule has 10 heteroatoms. The molecule has 3 rings (SSSR count). The summed E-state index contributed by atoms with van der Waals surface area (Å²) >= 11 is 0. The Morgan fingerprint density at radius 3 is 2.46 bits per heavy atom. The van der Waals surface area contributed by atoms with E-state index in [1.807, 2.05) is 12.1 Å². The molecule has 1 fully saturated rings. The van der Waals surface area contributed by atoms with Crippen LogP contribution >= 0.6 is 0 Å². The second kappa shape index (κ2) is 11.4. The zero-order valence-electron chi connectivity index (χ0n) is 21.2. The van der Waals surface area contributed by atoms with E-state index in [1.54, 1.807) is 35.0 Å². The van der Waals surface area contributed by atoms with Crippen molar-refractivity contribution in [2.75, 3.05) is 40.6 Å². The van der Waals surface area contributed by atoms with Crippen LogP contribution in [0.15, 0.2) is 12.1 Å². The summed E-state index contributed by atoms with van der Waals surface area (Å²) in [7, 11) is 3.21. The van der Waals surface area contributed by atoms with E-state index in [0.29, 0.717) is 24.5 Å². The molecule has 35 heavy (non-hydrogen) atoms. The Balaban J connectivity index is 1.84. The molecule has 2 aliphatic heterocycles. The van der Waals surface area contributed by atoms with Gasteiger partial charge in [0.15, 0.2) is 11.5 Å². The Bertz CT molecular complexity index is 902. The van der Waals surface area contributed by atoms with Crippen molar-refractivity contribution in [2.24, 2.45) is 5.92 Å². The molecule has 0 aromatic heterocycles. The number of piperidine rings is 1. The summed E-state index contributed by atoms with van der Waals surface area (Å²) in [5.41, 5.74) is 1.60. The Morgan fingerprint density at radius 2 is 1.86 bits per heavy atom. The number of carbonyl (C=O) groups excluding carboxylic acids is 2. The van der Waals surface area contributed by atoms with Crippen LogP contribution in [0.25, 0.3) is 0 Å². The average Bonchev–Trinajstić information content (AvgIpc) is 2.80. The van der Waals surface area contributed by atoms with Crippen molar-refractivity contribution in [2.45, 2.75) is 63.8 Å². The zero-order valence-corrected chi connectivity index (χ0v) is 21.2. The van der Waals surface area contributed by atoms with Crippen LogP contribution in [0.3, 0.4) is 0 Å². The van der Waals surface area contributed by atoms with Crippen molar-refractivity contribution >= 4 is 12.0 Å². The van der Waals surface area contributed by atoms with Gasteiger partial charge in [-0.1, -0.05) is 0 Å². The van der Waals surface area contributed by atoms with Crippen LogP contribution in [-0.4, -0.2) is 80.3 Å². The molecule has 4 atom stereocenters. The van der Waals surface area contributed by atoms with Gasteiger partial charge in [0.1, 0.15) is 5.60 Å². The maximum absolute atomic E-state index is 13.0. The summed E-state index contributed by atoms with van der Waals surface area (Å²) in [6, 6.07) is 3.19. The summed E-state index contributed by atoms with van der Waals surface area (Å²) in [4.78, 5) is 27.6. The number of carbonyl (C=O) groups is 2. The van der Waals surface area contributed by atoms with E-state index < -0.39 is 43.0 Å². The number of hydrogen-bond donors (Lipinski definition) is 3. The Kier molecular flexibility index (Phi) is 8.82. The number of nitrogens with zero attached hydrogens (tertiary/aromatic N) is 1. The van der Waals surface area contributed by atoms with Crippen LogP contribution < -0.4 is 20.1 Å². The number of alkyl carbamates (subject to hydrolysis) is 1. The normalized spacial score (nSPS) is 22.9. The summed E-state index contributed by atoms with van der Waals surface area (Å²) in [6.07, 6.45) is 0.673. The first-order valence-electron chi connectivity index (χ1n) is 12.0. The third-order valence-electron chi connectivity index (χ3n) is 6.51. The van der Waals surface area contributed by atoms with Crippen LogP contribution in [0.1, 0.15) is 50.8 Å². The maximum atomic E-state index is 13.0. The fourth-order valence-electron chi connectivity index (χ4n) is 4.82. The number of benzene rings is 1. The largest absolute Gasteiger partial charge is 0.493 e. The van der Waals surface area contributed by atoms with Gasteiger partial charge in [0, 0.05) is 38.1 Å². The molecule has 1 saturated heterocycles. The van der Waals surface area contributed by atoms with Crippen LogP contribution in [0.5, 0.6) is 11.5 Å². The van der Waals surface area contributed by atoms with Gasteiger partial charge in [-0.05, 0) is 56.9 Å². The molecule has 2 heterocycles. The number of fused-ring (bicyclic) bond motifs is 3. The number of alkyl halides is 1. The van der Waals surface area contributed by atoms with Gasteiger partial charge < -0.3 is 30.0 Å². The highest BCUT2D eigenvalue weighted by Crippen LogP contribution is 2.42. The smallest absolute Gasteiger partial charge is 0.407 e. The van der Waals surface area contributed by atoms with E-state index in [1.165, 1.54) is 0 Å². The molecule has 1 unspecified atom stereocenters. The number of nitrogens with one attached hydrogen (secondary N) is 2. The topological polar surface area (TPSA) is 109 Å². The number of hydrogen-bond acceptors (Lipinski definition) is 7. The van der Waals surface area contributed by atoms with Gasteiger partial charge in [-0.25, -0.2) is 4.79 Å². The molecule has 2 aliphatic rings. The molecule has 3 N–H and O–H groups in total. The van der Waals surface area contributed by atoms with E-state index in [0.717, 1.165) is 24.1 Å². The quantitative estimate of drug-likeness (QED) is 0.508. The fraction of sp³-hybridized carbons (Fsp3) is 0.680. The van der Waals surface area contributed by atoms with Crippen molar-refractivity contribution in [1.29, 1.82) is 0 Å². The molecule has 0 radical (unpaired) electrons. The lowest BCUT2D eigenvalue weighted by Gasteiger charge is -2.47. The number of rotatable bonds is 8. The highest BCUT2D eigenvalue weighted by molar-refractivity contribution is 5.77. The molecule has 0 aliphatic carbocycles. The summed E-state index contributed by atoms with van der Waals surface area (Å²) < 4.78 is 29.5. The predicted octanol–water partition coefficient (Wildman–Crippen LogP) is 2.35. The standard InChI is InChI=1S/C25H38FN3O6/c1-25(2,3)35-24(32)28-18-11-20-17-10-22(34-5)21(33-4)9-16(17)6-7-29(20)13-19(18)27-23(31)8-15(12-26)14-30/h9-10,15,18-20,30H,6-8,11-14H2,1-5H3,(H,27,31)(H,28,32)/t15?,18-,19-,20-/m0/s1. The molecule has 1 aromatic carbocycles. The van der Waals surface area contributed by atoms with Gasteiger partial charge in [-0.2, -0.15) is 0 Å². The minimum absolute atomic E-state index is 0.00248. The molecule has 2 amide bonds. The number of halogens is 1. The minimum Gasteiger partial charge on any atom is -0.493 e. The van der Waals surface area contributed by atoms with E-state index in [2.05, 4.69) is 15.5 Å². The SMILES string of the molecule is COc1cc2c(cc1OC)[C@@H]1C[C@H](NC(=O)OC(C)(C)C)[C@@H](NC(=O)CC(CO)CF)CN1CC2. The monoisotopic (exact) mass is 495 g/mol. The van der Waals surface area contributed by atoms with Crippen LogP contribution in [0, 0.1) is 5.92 Å². The van der Waals surface area contributed by atoms with Gasteiger partial charge in [0.2, 0.25) is 5.91 Å². The lowest BCUT2D eigenvalue weighted by Crippen LogP contribution is -2.62. The number of methoxy groups -OCH3 is 2. The Hall–Kier alpha value is -2.59. The predicted molar refractivity (Wildman–Crippen MR) is 128 cm³/mol. The number of ether oxygens (including phenoxy) is 3.